The van der Waals surface area contributed by atoms with Crippen molar-refractivity contribution in [2.45, 2.75) is 18.9 Å². The third-order valence-corrected chi connectivity index (χ3v) is 2.69. The molecule has 4 heteroatoms. The summed E-state index contributed by atoms with van der Waals surface area (Å²) in [5.74, 6) is -1.16. The lowest BCUT2D eigenvalue weighted by Crippen LogP contribution is -2.35. The largest absolute Gasteiger partial charge is 0.480 e. The minimum atomic E-state index is -0.975. The number of carboxylic acid groups (broad SMARTS) is 1. The monoisotopic (exact) mass is 257 g/mol. The molecule has 2 unspecified atom stereocenters. The van der Waals surface area contributed by atoms with Crippen LogP contribution in [0.1, 0.15) is 18.4 Å². The average Bonchev–Trinajstić information content (AvgIpc) is 2.15. The van der Waals surface area contributed by atoms with E-state index in [9.17, 15) is 4.79 Å². The average molecular weight is 258 g/mol. The van der Waals surface area contributed by atoms with Crippen LogP contribution in [0.5, 0.6) is 0 Å². The van der Waals surface area contributed by atoms with Gasteiger partial charge in [-0.15, -0.1) is 0 Å². The number of benzene rings is 1. The van der Waals surface area contributed by atoms with Crippen molar-refractivity contribution in [1.82, 2.24) is 0 Å². The molecule has 0 radical (unpaired) electrons. The van der Waals surface area contributed by atoms with Crippen LogP contribution in [-0.4, -0.2) is 17.1 Å². The van der Waals surface area contributed by atoms with E-state index in [1.807, 2.05) is 24.3 Å². The van der Waals surface area contributed by atoms with Crippen molar-refractivity contribution < 1.29 is 9.90 Å². The Kier molecular flexibility index (Phi) is 3.66. The number of hydrogen-bond acceptors (Lipinski definition) is 2. The number of aliphatic carboxylic acids is 1. The summed E-state index contributed by atoms with van der Waals surface area (Å²) in [4.78, 5) is 10.7. The van der Waals surface area contributed by atoms with E-state index in [-0.39, 0.29) is 5.92 Å². The van der Waals surface area contributed by atoms with Gasteiger partial charge in [-0.2, -0.15) is 0 Å². The summed E-state index contributed by atoms with van der Waals surface area (Å²) < 4.78 is 0.930. The summed E-state index contributed by atoms with van der Waals surface area (Å²) in [6, 6.07) is 6.66. The summed E-state index contributed by atoms with van der Waals surface area (Å²) in [7, 11) is 0. The second-order valence-corrected chi connectivity index (χ2v) is 4.12. The number of nitrogens with two attached hydrogens (primary N) is 1. The number of hydrogen-bond donors (Lipinski definition) is 2. The maximum absolute atomic E-state index is 10.7. The zero-order valence-electron chi connectivity index (χ0n) is 7.77. The van der Waals surface area contributed by atoms with E-state index in [0.29, 0.717) is 0 Å². The van der Waals surface area contributed by atoms with Crippen molar-refractivity contribution in [3.05, 3.63) is 34.3 Å². The molecule has 1 aromatic carbocycles. The normalized spacial score (nSPS) is 14.8. The molecule has 14 heavy (non-hydrogen) atoms. The zero-order chi connectivity index (χ0) is 10.7. The van der Waals surface area contributed by atoms with Gasteiger partial charge in [0.1, 0.15) is 6.04 Å². The summed E-state index contributed by atoms with van der Waals surface area (Å²) >= 11 is 3.33. The molecule has 3 nitrogen and oxygen atoms in total. The van der Waals surface area contributed by atoms with E-state index in [1.54, 1.807) is 6.92 Å². The molecule has 0 fully saturated rings. The second-order valence-electron chi connectivity index (χ2n) is 3.21. The lowest BCUT2D eigenvalue weighted by atomic mass is 9.94. The molecule has 1 aromatic rings. The smallest absolute Gasteiger partial charge is 0.321 e. The standard InChI is InChI=1S/C10H12BrNO2/c1-6(9(12)10(13)14)7-3-2-4-8(11)5-7/h2-6,9H,12H2,1H3,(H,13,14). The van der Waals surface area contributed by atoms with Gasteiger partial charge in [-0.25, -0.2) is 0 Å². The predicted molar refractivity (Wildman–Crippen MR) is 58.2 cm³/mol. The summed E-state index contributed by atoms with van der Waals surface area (Å²) in [6.07, 6.45) is 0. The minimum absolute atomic E-state index is 0.190. The van der Waals surface area contributed by atoms with Gasteiger partial charge < -0.3 is 10.8 Å². The molecule has 0 aliphatic carbocycles. The number of carbonyl (C=O) groups is 1. The van der Waals surface area contributed by atoms with E-state index in [0.717, 1.165) is 10.0 Å². The molecule has 0 amide bonds. The van der Waals surface area contributed by atoms with Crippen LogP contribution in [0.2, 0.25) is 0 Å². The van der Waals surface area contributed by atoms with E-state index >= 15 is 0 Å². The van der Waals surface area contributed by atoms with Gasteiger partial charge >= 0.3 is 5.97 Å². The topological polar surface area (TPSA) is 63.3 Å². The van der Waals surface area contributed by atoms with Crippen molar-refractivity contribution in [3.63, 3.8) is 0 Å². The Morgan fingerprint density at radius 2 is 2.21 bits per heavy atom. The molecule has 0 aromatic heterocycles. The Morgan fingerprint density at radius 3 is 2.71 bits per heavy atom. The molecule has 1 rings (SSSR count). The fraction of sp³-hybridized carbons (Fsp3) is 0.300. The summed E-state index contributed by atoms with van der Waals surface area (Å²) in [5, 5.41) is 8.75. The first kappa shape index (κ1) is 11.2. The third-order valence-electron chi connectivity index (χ3n) is 2.20. The Balaban J connectivity index is 2.89. The van der Waals surface area contributed by atoms with Crippen LogP contribution in [0.25, 0.3) is 0 Å². The van der Waals surface area contributed by atoms with Crippen LogP contribution in [0, 0.1) is 0 Å². The van der Waals surface area contributed by atoms with Gasteiger partial charge in [0.15, 0.2) is 0 Å². The zero-order valence-corrected chi connectivity index (χ0v) is 9.36. The summed E-state index contributed by atoms with van der Waals surface area (Å²) in [5.41, 5.74) is 6.45. The maximum atomic E-state index is 10.7. The molecular weight excluding hydrogens is 246 g/mol. The Bertz CT molecular complexity index is 341. The number of carboxylic acids is 1. The van der Waals surface area contributed by atoms with Gasteiger partial charge in [0.25, 0.3) is 0 Å². The van der Waals surface area contributed by atoms with Crippen molar-refractivity contribution in [1.29, 1.82) is 0 Å². The van der Waals surface area contributed by atoms with Crippen molar-refractivity contribution in [2.24, 2.45) is 5.73 Å². The third kappa shape index (κ3) is 2.56. The van der Waals surface area contributed by atoms with E-state index in [1.165, 1.54) is 0 Å². The first-order valence-corrected chi connectivity index (χ1v) is 5.05. The van der Waals surface area contributed by atoms with Gasteiger partial charge in [0, 0.05) is 10.4 Å². The lowest BCUT2D eigenvalue weighted by molar-refractivity contribution is -0.139. The fourth-order valence-corrected chi connectivity index (χ4v) is 1.63. The van der Waals surface area contributed by atoms with Crippen molar-refractivity contribution >= 4 is 21.9 Å². The molecular formula is C10H12BrNO2. The second kappa shape index (κ2) is 4.57. The highest BCUT2D eigenvalue weighted by Gasteiger charge is 2.21. The first-order chi connectivity index (χ1) is 6.52. The molecule has 0 saturated carbocycles. The Labute approximate surface area is 91.1 Å². The van der Waals surface area contributed by atoms with Gasteiger partial charge in [-0.3, -0.25) is 4.79 Å². The lowest BCUT2D eigenvalue weighted by Gasteiger charge is -2.16. The quantitative estimate of drug-likeness (QED) is 0.871. The highest BCUT2D eigenvalue weighted by Crippen LogP contribution is 2.21. The van der Waals surface area contributed by atoms with Gasteiger partial charge in [-0.1, -0.05) is 35.0 Å². The van der Waals surface area contributed by atoms with Crippen LogP contribution in [0.3, 0.4) is 0 Å². The predicted octanol–water partition coefficient (Wildman–Crippen LogP) is 1.96. The first-order valence-electron chi connectivity index (χ1n) is 4.26. The number of rotatable bonds is 3. The van der Waals surface area contributed by atoms with Crippen molar-refractivity contribution in [2.75, 3.05) is 0 Å². The van der Waals surface area contributed by atoms with Crippen LogP contribution < -0.4 is 5.73 Å². The molecule has 0 aliphatic rings. The molecule has 0 bridgehead atoms. The molecule has 0 heterocycles. The van der Waals surface area contributed by atoms with Crippen LogP contribution in [-0.2, 0) is 4.79 Å². The van der Waals surface area contributed by atoms with Crippen LogP contribution in [0.15, 0.2) is 28.7 Å². The van der Waals surface area contributed by atoms with E-state index < -0.39 is 12.0 Å². The molecule has 3 N–H and O–H groups in total. The molecule has 76 valence electrons. The Morgan fingerprint density at radius 1 is 1.57 bits per heavy atom. The van der Waals surface area contributed by atoms with Gasteiger partial charge in [-0.05, 0) is 17.7 Å². The minimum Gasteiger partial charge on any atom is -0.480 e. The van der Waals surface area contributed by atoms with E-state index in [2.05, 4.69) is 15.9 Å². The Hall–Kier alpha value is -0.870. The maximum Gasteiger partial charge on any atom is 0.321 e. The number of halogens is 1. The molecule has 0 aliphatic heterocycles. The molecule has 0 spiro atoms. The SMILES string of the molecule is CC(c1cccc(Br)c1)C(N)C(=O)O. The molecule has 2 atom stereocenters. The highest BCUT2D eigenvalue weighted by molar-refractivity contribution is 9.10. The van der Waals surface area contributed by atoms with Crippen molar-refractivity contribution in [3.8, 4) is 0 Å². The molecule has 0 saturated heterocycles. The fourth-order valence-electron chi connectivity index (χ4n) is 1.21. The van der Waals surface area contributed by atoms with Gasteiger partial charge in [0.2, 0.25) is 0 Å². The summed E-state index contributed by atoms with van der Waals surface area (Å²) in [6.45, 7) is 1.81. The van der Waals surface area contributed by atoms with E-state index in [4.69, 9.17) is 10.8 Å². The van der Waals surface area contributed by atoms with Crippen LogP contribution in [0.4, 0.5) is 0 Å². The van der Waals surface area contributed by atoms with Gasteiger partial charge in [0.05, 0.1) is 0 Å². The van der Waals surface area contributed by atoms with Crippen LogP contribution >= 0.6 is 15.9 Å². The highest BCUT2D eigenvalue weighted by atomic mass is 79.9.